The van der Waals surface area contributed by atoms with E-state index in [0.29, 0.717) is 0 Å². The van der Waals surface area contributed by atoms with E-state index in [2.05, 4.69) is 10.1 Å². The van der Waals surface area contributed by atoms with Gasteiger partial charge in [0.25, 0.3) is 0 Å². The van der Waals surface area contributed by atoms with E-state index in [1.165, 1.54) is 13.1 Å². The summed E-state index contributed by atoms with van der Waals surface area (Å²) >= 11 is 0. The lowest BCUT2D eigenvalue weighted by Crippen LogP contribution is -2.33. The molecule has 0 heterocycles. The molecule has 1 atom stereocenters. The van der Waals surface area contributed by atoms with Crippen LogP contribution in [0.2, 0.25) is 0 Å². The fourth-order valence-corrected chi connectivity index (χ4v) is 0.769. The van der Waals surface area contributed by atoms with Gasteiger partial charge in [-0.25, -0.2) is 9.59 Å². The van der Waals surface area contributed by atoms with Gasteiger partial charge in [-0.15, -0.1) is 0 Å². The molecule has 1 unspecified atom stereocenters. The molecule has 0 rings (SSSR count). The molecule has 0 aliphatic heterocycles. The summed E-state index contributed by atoms with van der Waals surface area (Å²) < 4.78 is 4.29. The second-order valence-corrected chi connectivity index (χ2v) is 2.46. The van der Waals surface area contributed by atoms with Gasteiger partial charge in [0, 0.05) is 12.5 Å². The van der Waals surface area contributed by atoms with E-state index in [1.54, 1.807) is 0 Å². The number of carbonyl (C=O) groups excluding carboxylic acids is 2. The Kier molecular flexibility index (Phi) is 5.82. The van der Waals surface area contributed by atoms with Crippen LogP contribution in [0.1, 0.15) is 12.8 Å². The molecule has 0 aromatic rings. The smallest absolute Gasteiger partial charge is 0.407 e. The van der Waals surface area contributed by atoms with Crippen LogP contribution in [-0.2, 0) is 14.3 Å². The predicted octanol–water partition coefficient (Wildman–Crippen LogP) is -0.0364. The Morgan fingerprint density at radius 2 is 2.29 bits per heavy atom. The summed E-state index contributed by atoms with van der Waals surface area (Å²) in [7, 11) is 1.17. The van der Waals surface area contributed by atoms with Gasteiger partial charge in [0.2, 0.25) is 0 Å². The Balaban J connectivity index is 4.08. The monoisotopic (exact) mass is 201 g/mol. The standard InChI is InChI=1S/C8H11NO5/c1-14-8(13)9-6(4-5-10)2-3-7(11)12/h4,6H,2-3H2,1H3,(H,9,13)(H,11,12). The van der Waals surface area contributed by atoms with Crippen LogP contribution in [0, 0.1) is 0 Å². The minimum absolute atomic E-state index is 0.125. The summed E-state index contributed by atoms with van der Waals surface area (Å²) in [5.74, 6) is 0.484. The average molecular weight is 201 g/mol. The fourth-order valence-electron chi connectivity index (χ4n) is 0.769. The fraction of sp³-hybridized carbons (Fsp3) is 0.500. The Bertz CT molecular complexity index is 256. The first-order valence-electron chi connectivity index (χ1n) is 3.87. The minimum Gasteiger partial charge on any atom is -0.481 e. The third-order valence-corrected chi connectivity index (χ3v) is 1.43. The lowest BCUT2D eigenvalue weighted by atomic mass is 10.1. The number of rotatable bonds is 5. The molecule has 0 spiro atoms. The summed E-state index contributed by atoms with van der Waals surface area (Å²) in [6.45, 7) is 0. The number of ether oxygens (including phenoxy) is 1. The first-order chi connectivity index (χ1) is 6.60. The number of carbonyl (C=O) groups is 2. The number of nitrogens with one attached hydrogen (secondary N) is 1. The highest BCUT2D eigenvalue weighted by Gasteiger charge is 2.11. The molecule has 0 saturated heterocycles. The van der Waals surface area contributed by atoms with E-state index in [-0.39, 0.29) is 12.8 Å². The van der Waals surface area contributed by atoms with Gasteiger partial charge < -0.3 is 15.2 Å². The third kappa shape index (κ3) is 5.79. The molecule has 0 aliphatic carbocycles. The Labute approximate surface area is 80.5 Å². The molecule has 0 aliphatic rings. The van der Waals surface area contributed by atoms with Crippen LogP contribution < -0.4 is 5.32 Å². The molecule has 14 heavy (non-hydrogen) atoms. The molecule has 6 nitrogen and oxygen atoms in total. The number of carboxylic acids is 1. The van der Waals surface area contributed by atoms with Crippen molar-refractivity contribution in [1.82, 2.24) is 5.32 Å². The van der Waals surface area contributed by atoms with Gasteiger partial charge in [-0.3, -0.25) is 4.79 Å². The van der Waals surface area contributed by atoms with Gasteiger partial charge in [0.1, 0.15) is 5.94 Å². The van der Waals surface area contributed by atoms with Crippen molar-refractivity contribution in [2.75, 3.05) is 7.11 Å². The van der Waals surface area contributed by atoms with Gasteiger partial charge >= 0.3 is 12.1 Å². The van der Waals surface area contributed by atoms with Crippen LogP contribution in [0.15, 0.2) is 6.08 Å². The molecular weight excluding hydrogens is 190 g/mol. The summed E-state index contributed by atoms with van der Waals surface area (Å²) in [6, 6.07) is -0.656. The summed E-state index contributed by atoms with van der Waals surface area (Å²) in [5.41, 5.74) is 0. The summed E-state index contributed by atoms with van der Waals surface area (Å²) in [6.07, 6.45) is 0.304. The van der Waals surface area contributed by atoms with Crippen molar-refractivity contribution < 1.29 is 24.2 Å². The summed E-state index contributed by atoms with van der Waals surface area (Å²) in [5, 5.41) is 10.6. The van der Waals surface area contributed by atoms with Gasteiger partial charge in [0.15, 0.2) is 0 Å². The van der Waals surface area contributed by atoms with E-state index in [9.17, 15) is 14.4 Å². The molecule has 0 aromatic heterocycles. The third-order valence-electron chi connectivity index (χ3n) is 1.43. The van der Waals surface area contributed by atoms with E-state index < -0.39 is 18.1 Å². The van der Waals surface area contributed by atoms with E-state index in [0.717, 1.165) is 6.08 Å². The van der Waals surface area contributed by atoms with E-state index >= 15 is 0 Å². The first kappa shape index (κ1) is 12.2. The molecule has 0 bridgehead atoms. The van der Waals surface area contributed by atoms with Gasteiger partial charge in [-0.05, 0) is 6.42 Å². The highest BCUT2D eigenvalue weighted by Crippen LogP contribution is 1.98. The lowest BCUT2D eigenvalue weighted by molar-refractivity contribution is -0.137. The second kappa shape index (κ2) is 6.68. The van der Waals surface area contributed by atoms with E-state index in [1.807, 2.05) is 0 Å². The van der Waals surface area contributed by atoms with Crippen LogP contribution in [0.4, 0.5) is 4.79 Å². The topological polar surface area (TPSA) is 92.7 Å². The van der Waals surface area contributed by atoms with Gasteiger partial charge in [-0.2, -0.15) is 0 Å². The normalized spacial score (nSPS) is 10.9. The first-order valence-corrected chi connectivity index (χ1v) is 3.87. The van der Waals surface area contributed by atoms with Crippen molar-refractivity contribution in [3.63, 3.8) is 0 Å². The molecule has 0 aromatic carbocycles. The molecule has 6 heteroatoms. The van der Waals surface area contributed by atoms with Gasteiger partial charge in [-0.1, -0.05) is 0 Å². The van der Waals surface area contributed by atoms with Crippen molar-refractivity contribution in [2.45, 2.75) is 18.9 Å². The maximum absolute atomic E-state index is 10.7. The van der Waals surface area contributed by atoms with Crippen LogP contribution in [0.5, 0.6) is 0 Å². The summed E-state index contributed by atoms with van der Waals surface area (Å²) in [4.78, 5) is 30.9. The number of amides is 1. The largest absolute Gasteiger partial charge is 0.481 e. The molecule has 2 N–H and O–H groups in total. The van der Waals surface area contributed by atoms with Crippen molar-refractivity contribution in [1.29, 1.82) is 0 Å². The number of hydrogen-bond donors (Lipinski definition) is 2. The number of hydrogen-bond acceptors (Lipinski definition) is 4. The molecule has 0 radical (unpaired) electrons. The Morgan fingerprint density at radius 3 is 2.71 bits per heavy atom. The minimum atomic E-state index is -0.999. The van der Waals surface area contributed by atoms with Crippen LogP contribution in [0.25, 0.3) is 0 Å². The van der Waals surface area contributed by atoms with Crippen LogP contribution in [-0.4, -0.2) is 36.3 Å². The zero-order valence-electron chi connectivity index (χ0n) is 7.65. The SMILES string of the molecule is COC(=O)NC(C=C=O)CCC(=O)O. The number of methoxy groups -OCH3 is 1. The van der Waals surface area contributed by atoms with Crippen molar-refractivity contribution in [3.05, 3.63) is 6.08 Å². The van der Waals surface area contributed by atoms with Crippen molar-refractivity contribution in [3.8, 4) is 0 Å². The zero-order valence-corrected chi connectivity index (χ0v) is 7.65. The van der Waals surface area contributed by atoms with Crippen molar-refractivity contribution >= 4 is 18.0 Å². The zero-order chi connectivity index (χ0) is 11.0. The van der Waals surface area contributed by atoms with Crippen LogP contribution >= 0.6 is 0 Å². The second-order valence-electron chi connectivity index (χ2n) is 2.46. The molecule has 0 saturated carbocycles. The van der Waals surface area contributed by atoms with Crippen LogP contribution in [0.3, 0.4) is 0 Å². The number of carboxylic acid groups (broad SMARTS) is 1. The highest BCUT2D eigenvalue weighted by molar-refractivity contribution is 5.69. The molecular formula is C8H11NO5. The maximum Gasteiger partial charge on any atom is 0.407 e. The Hall–Kier alpha value is -1.81. The number of alkyl carbamates (subject to hydrolysis) is 1. The lowest BCUT2D eigenvalue weighted by Gasteiger charge is -2.10. The molecule has 1 amide bonds. The highest BCUT2D eigenvalue weighted by atomic mass is 16.5. The Morgan fingerprint density at radius 1 is 1.64 bits per heavy atom. The van der Waals surface area contributed by atoms with Gasteiger partial charge in [0.05, 0.1) is 13.2 Å². The molecule has 0 fully saturated rings. The van der Waals surface area contributed by atoms with Crippen molar-refractivity contribution in [2.24, 2.45) is 0 Å². The average Bonchev–Trinajstić information content (AvgIpc) is 2.14. The quantitative estimate of drug-likeness (QED) is 0.609. The number of aliphatic carboxylic acids is 1. The predicted molar refractivity (Wildman–Crippen MR) is 46.5 cm³/mol. The van der Waals surface area contributed by atoms with E-state index in [4.69, 9.17) is 5.11 Å². The molecule has 78 valence electrons. The maximum atomic E-state index is 10.7.